The number of aromatic nitrogens is 3. The van der Waals surface area contributed by atoms with Crippen molar-refractivity contribution in [2.45, 2.75) is 0 Å². The zero-order valence-electron chi connectivity index (χ0n) is 5.65. The third-order valence-electron chi connectivity index (χ3n) is 1.52. The van der Waals surface area contributed by atoms with Crippen LogP contribution in [0.2, 0.25) is 0 Å². The van der Waals surface area contributed by atoms with Gasteiger partial charge in [0.1, 0.15) is 5.52 Å². The maximum absolute atomic E-state index is 3.93. The molecule has 4 heteroatoms. The first-order chi connectivity index (χ1) is 4.88. The predicted octanol–water partition coefficient (Wildman–Crippen LogP) is 0.320. The first-order valence-electron chi connectivity index (χ1n) is 3.12. The average Bonchev–Trinajstić information content (AvgIpc) is 2.34. The molecule has 0 atom stereocenters. The van der Waals surface area contributed by atoms with E-state index in [-0.39, 0.29) is 29.6 Å². The molecule has 1 aromatic carbocycles. The van der Waals surface area contributed by atoms with Gasteiger partial charge in [-0.25, -0.2) is 4.68 Å². The van der Waals surface area contributed by atoms with Gasteiger partial charge in [0.2, 0.25) is 0 Å². The molecule has 0 amide bonds. The van der Waals surface area contributed by atoms with Gasteiger partial charge in [-0.2, -0.15) is 0 Å². The Labute approximate surface area is 86.7 Å². The molecule has 2 rings (SSSR count). The number of benzene rings is 1. The van der Waals surface area contributed by atoms with Crippen molar-refractivity contribution in [2.75, 3.05) is 0 Å². The summed E-state index contributed by atoms with van der Waals surface area (Å²) in [5.74, 6) is 0. The van der Waals surface area contributed by atoms with Gasteiger partial charge in [0.15, 0.2) is 0 Å². The van der Waals surface area contributed by atoms with Gasteiger partial charge in [-0.15, -0.1) is 5.10 Å². The Morgan fingerprint density at radius 3 is 2.73 bits per heavy atom. The van der Waals surface area contributed by atoms with Gasteiger partial charge in [0, 0.05) is 7.05 Å². The molecule has 0 bridgehead atoms. The molecule has 0 aliphatic heterocycles. The topological polar surface area (TPSA) is 30.7 Å². The molecule has 0 spiro atoms. The van der Waals surface area contributed by atoms with Crippen LogP contribution in [0, 0.1) is 0 Å². The van der Waals surface area contributed by atoms with E-state index >= 15 is 0 Å². The summed E-state index contributed by atoms with van der Waals surface area (Å²) in [6.45, 7) is 0. The Bertz CT molecular complexity index is 355. The minimum atomic E-state index is 0. The molecule has 0 saturated carbocycles. The van der Waals surface area contributed by atoms with E-state index in [0.717, 1.165) is 11.0 Å². The molecule has 11 heavy (non-hydrogen) atoms. The van der Waals surface area contributed by atoms with Crippen molar-refractivity contribution in [2.24, 2.45) is 7.05 Å². The molecule has 0 unspecified atom stereocenters. The van der Waals surface area contributed by atoms with Crippen LogP contribution in [0.1, 0.15) is 0 Å². The Hall–Kier alpha value is -0.380. The molecule has 0 N–H and O–H groups in total. The molecule has 1 heterocycles. The van der Waals surface area contributed by atoms with Gasteiger partial charge in [0.05, 0.1) is 5.52 Å². The van der Waals surface area contributed by atoms with Gasteiger partial charge < -0.3 is 0 Å². The van der Waals surface area contributed by atoms with Crippen molar-refractivity contribution < 1.29 is 0 Å². The minimum absolute atomic E-state index is 0. The molecule has 0 radical (unpaired) electrons. The van der Waals surface area contributed by atoms with E-state index in [2.05, 4.69) is 10.3 Å². The molecule has 0 fully saturated rings. The Morgan fingerprint density at radius 1 is 1.27 bits per heavy atom. The Balaban J connectivity index is 0.000000605. The van der Waals surface area contributed by atoms with Gasteiger partial charge >= 0.3 is 29.6 Å². The van der Waals surface area contributed by atoms with Crippen molar-refractivity contribution in [1.29, 1.82) is 0 Å². The van der Waals surface area contributed by atoms with Crippen LogP contribution in [0.25, 0.3) is 11.0 Å². The number of hydrogen-bond donors (Lipinski definition) is 0. The quantitative estimate of drug-likeness (QED) is 0.515. The van der Waals surface area contributed by atoms with Crippen LogP contribution in [0.3, 0.4) is 0 Å². The number of rotatable bonds is 0. The van der Waals surface area contributed by atoms with E-state index in [4.69, 9.17) is 0 Å². The van der Waals surface area contributed by atoms with E-state index < -0.39 is 0 Å². The number of nitrogens with zero attached hydrogens (tertiary/aromatic N) is 3. The second-order valence-electron chi connectivity index (χ2n) is 2.20. The molecule has 52 valence electrons. The van der Waals surface area contributed by atoms with Crippen molar-refractivity contribution >= 4 is 40.6 Å². The summed E-state index contributed by atoms with van der Waals surface area (Å²) in [5, 5.41) is 7.79. The fourth-order valence-corrected chi connectivity index (χ4v) is 0.986. The van der Waals surface area contributed by atoms with Crippen LogP contribution in [-0.2, 0) is 7.05 Å². The van der Waals surface area contributed by atoms with Crippen LogP contribution in [-0.4, -0.2) is 44.6 Å². The second-order valence-corrected chi connectivity index (χ2v) is 2.20. The number of fused-ring (bicyclic) bond motifs is 1. The summed E-state index contributed by atoms with van der Waals surface area (Å²) in [6, 6.07) is 7.88. The summed E-state index contributed by atoms with van der Waals surface area (Å²) >= 11 is 0. The van der Waals surface area contributed by atoms with E-state index in [9.17, 15) is 0 Å². The number of para-hydroxylation sites is 1. The van der Waals surface area contributed by atoms with Crippen LogP contribution in [0.5, 0.6) is 0 Å². The number of aryl methyl sites for hydroxylation is 1. The van der Waals surface area contributed by atoms with E-state index in [0.29, 0.717) is 0 Å². The van der Waals surface area contributed by atoms with E-state index in [1.165, 1.54) is 0 Å². The zero-order chi connectivity index (χ0) is 6.97. The van der Waals surface area contributed by atoms with Crippen molar-refractivity contribution in [1.82, 2.24) is 15.0 Å². The summed E-state index contributed by atoms with van der Waals surface area (Å²) in [4.78, 5) is 0. The standard InChI is InChI=1S/C7H7N3.Na.H/c1-10-7-5-3-2-4-6(7)8-9-10;;/h2-5H,1H3;;. The normalized spacial score (nSPS) is 9.55. The first-order valence-corrected chi connectivity index (χ1v) is 3.12. The van der Waals surface area contributed by atoms with Crippen LogP contribution >= 0.6 is 0 Å². The van der Waals surface area contributed by atoms with E-state index in [1.807, 2.05) is 31.3 Å². The van der Waals surface area contributed by atoms with Crippen molar-refractivity contribution in [3.8, 4) is 0 Å². The summed E-state index contributed by atoms with van der Waals surface area (Å²) < 4.78 is 1.76. The van der Waals surface area contributed by atoms with Crippen molar-refractivity contribution in [3.63, 3.8) is 0 Å². The Kier molecular flexibility index (Phi) is 2.65. The van der Waals surface area contributed by atoms with E-state index in [1.54, 1.807) is 4.68 Å². The molecular weight excluding hydrogens is 149 g/mol. The molecule has 3 nitrogen and oxygen atoms in total. The summed E-state index contributed by atoms with van der Waals surface area (Å²) in [5.41, 5.74) is 2.02. The van der Waals surface area contributed by atoms with Gasteiger partial charge in [-0.05, 0) is 12.1 Å². The van der Waals surface area contributed by atoms with Gasteiger partial charge in [0.25, 0.3) is 0 Å². The summed E-state index contributed by atoms with van der Waals surface area (Å²) in [6.07, 6.45) is 0. The first kappa shape index (κ1) is 8.71. The molecule has 2 aromatic rings. The third kappa shape index (κ3) is 1.45. The van der Waals surface area contributed by atoms with Gasteiger partial charge in [-0.3, -0.25) is 0 Å². The Morgan fingerprint density at radius 2 is 2.00 bits per heavy atom. The zero-order valence-corrected chi connectivity index (χ0v) is 5.65. The third-order valence-corrected chi connectivity index (χ3v) is 1.52. The van der Waals surface area contributed by atoms with Crippen molar-refractivity contribution in [3.05, 3.63) is 24.3 Å². The molecule has 0 aliphatic carbocycles. The fourth-order valence-electron chi connectivity index (χ4n) is 0.986. The predicted molar refractivity (Wildman–Crippen MR) is 45.7 cm³/mol. The average molecular weight is 157 g/mol. The van der Waals surface area contributed by atoms with Crippen LogP contribution in [0.4, 0.5) is 0 Å². The van der Waals surface area contributed by atoms with Crippen LogP contribution in [0.15, 0.2) is 24.3 Å². The monoisotopic (exact) mass is 157 g/mol. The fraction of sp³-hybridized carbons (Fsp3) is 0.143. The van der Waals surface area contributed by atoms with Gasteiger partial charge in [-0.1, -0.05) is 17.3 Å². The molecule has 1 aromatic heterocycles. The second kappa shape index (κ2) is 3.34. The maximum atomic E-state index is 3.93. The molecular formula is C7H8N3Na. The molecule has 0 saturated heterocycles. The summed E-state index contributed by atoms with van der Waals surface area (Å²) in [7, 11) is 1.88. The van der Waals surface area contributed by atoms with Crippen LogP contribution < -0.4 is 0 Å². The molecule has 0 aliphatic rings. The SMILES string of the molecule is Cn1nnc2ccccc21.[NaH]. The number of hydrogen-bond acceptors (Lipinski definition) is 2.